The van der Waals surface area contributed by atoms with Crippen LogP contribution in [0.2, 0.25) is 0 Å². The third-order valence-corrected chi connectivity index (χ3v) is 4.82. The lowest BCUT2D eigenvalue weighted by atomic mass is 9.98. The molecule has 1 aromatic heterocycles. The molecular weight excluding hydrogens is 362 g/mol. The standard InChI is InChI=1S/C24H27N3O2/c1-16(2)21-7-5-6-17(3)23(21)27-24(28)22-13-10-19(15-26-22)25-14-18-8-11-20(29-4)12-9-18/h5-13,15-16,25H,14H2,1-4H3,(H,27,28). The van der Waals surface area contributed by atoms with E-state index in [9.17, 15) is 4.79 Å². The van der Waals surface area contributed by atoms with Gasteiger partial charge in [0.25, 0.3) is 5.91 Å². The fourth-order valence-electron chi connectivity index (χ4n) is 3.10. The second-order valence-electron chi connectivity index (χ2n) is 7.28. The van der Waals surface area contributed by atoms with Crippen molar-refractivity contribution >= 4 is 17.3 Å². The number of carbonyl (C=O) groups is 1. The maximum Gasteiger partial charge on any atom is 0.274 e. The first-order valence-corrected chi connectivity index (χ1v) is 9.71. The van der Waals surface area contributed by atoms with Crippen LogP contribution in [0.1, 0.15) is 46.9 Å². The van der Waals surface area contributed by atoms with Crippen LogP contribution in [0.3, 0.4) is 0 Å². The minimum atomic E-state index is -0.206. The van der Waals surface area contributed by atoms with Crippen molar-refractivity contribution in [2.45, 2.75) is 33.2 Å². The Balaban J connectivity index is 1.64. The minimum Gasteiger partial charge on any atom is -0.497 e. The smallest absolute Gasteiger partial charge is 0.274 e. The minimum absolute atomic E-state index is 0.206. The Bertz CT molecular complexity index is 964. The van der Waals surface area contributed by atoms with Crippen LogP contribution in [0, 0.1) is 6.92 Å². The van der Waals surface area contributed by atoms with E-state index in [-0.39, 0.29) is 5.91 Å². The van der Waals surface area contributed by atoms with Gasteiger partial charge in [0, 0.05) is 12.2 Å². The molecule has 1 heterocycles. The monoisotopic (exact) mass is 389 g/mol. The fourth-order valence-corrected chi connectivity index (χ4v) is 3.10. The highest BCUT2D eigenvalue weighted by atomic mass is 16.5. The summed E-state index contributed by atoms with van der Waals surface area (Å²) in [6.07, 6.45) is 1.68. The van der Waals surface area contributed by atoms with Gasteiger partial charge in [-0.05, 0) is 53.8 Å². The quantitative estimate of drug-likeness (QED) is 0.569. The zero-order chi connectivity index (χ0) is 20.8. The first kappa shape index (κ1) is 20.4. The van der Waals surface area contributed by atoms with Gasteiger partial charge in [-0.2, -0.15) is 0 Å². The predicted molar refractivity (Wildman–Crippen MR) is 118 cm³/mol. The molecule has 2 aromatic carbocycles. The topological polar surface area (TPSA) is 63.2 Å². The number of aryl methyl sites for hydroxylation is 1. The molecule has 0 aliphatic carbocycles. The number of rotatable bonds is 7. The van der Waals surface area contributed by atoms with Crippen molar-refractivity contribution in [3.8, 4) is 5.75 Å². The fraction of sp³-hybridized carbons (Fsp3) is 0.250. The van der Waals surface area contributed by atoms with Gasteiger partial charge in [0.1, 0.15) is 11.4 Å². The molecule has 0 fully saturated rings. The first-order chi connectivity index (χ1) is 14.0. The third-order valence-electron chi connectivity index (χ3n) is 4.82. The number of amides is 1. The molecule has 0 atom stereocenters. The number of hydrogen-bond acceptors (Lipinski definition) is 4. The molecule has 0 saturated heterocycles. The van der Waals surface area contributed by atoms with Crippen LogP contribution in [0.25, 0.3) is 0 Å². The summed E-state index contributed by atoms with van der Waals surface area (Å²) < 4.78 is 5.17. The number of aromatic nitrogens is 1. The van der Waals surface area contributed by atoms with Gasteiger partial charge in [-0.1, -0.05) is 44.2 Å². The zero-order valence-corrected chi connectivity index (χ0v) is 17.3. The van der Waals surface area contributed by atoms with Crippen LogP contribution < -0.4 is 15.4 Å². The number of nitrogens with one attached hydrogen (secondary N) is 2. The van der Waals surface area contributed by atoms with Gasteiger partial charge in [0.2, 0.25) is 0 Å². The summed E-state index contributed by atoms with van der Waals surface area (Å²) in [4.78, 5) is 17.0. The molecule has 0 unspecified atom stereocenters. The molecule has 0 aliphatic heterocycles. The molecule has 1 amide bonds. The Labute approximate surface area is 172 Å². The summed E-state index contributed by atoms with van der Waals surface area (Å²) in [5, 5.41) is 6.34. The molecule has 5 heteroatoms. The molecule has 5 nitrogen and oxygen atoms in total. The lowest BCUT2D eigenvalue weighted by Gasteiger charge is -2.16. The normalized spacial score (nSPS) is 10.7. The van der Waals surface area contributed by atoms with Crippen molar-refractivity contribution in [2.75, 3.05) is 17.7 Å². The van der Waals surface area contributed by atoms with Crippen LogP contribution in [0.4, 0.5) is 11.4 Å². The molecule has 0 radical (unpaired) electrons. The van der Waals surface area contributed by atoms with Gasteiger partial charge in [0.15, 0.2) is 0 Å². The highest BCUT2D eigenvalue weighted by molar-refractivity contribution is 6.03. The molecule has 0 aliphatic rings. The number of ether oxygens (including phenoxy) is 1. The van der Waals surface area contributed by atoms with Crippen molar-refractivity contribution in [1.82, 2.24) is 4.98 Å². The van der Waals surface area contributed by atoms with Crippen molar-refractivity contribution in [1.29, 1.82) is 0 Å². The highest BCUT2D eigenvalue weighted by Crippen LogP contribution is 2.27. The largest absolute Gasteiger partial charge is 0.497 e. The van der Waals surface area contributed by atoms with Crippen molar-refractivity contribution in [3.63, 3.8) is 0 Å². The first-order valence-electron chi connectivity index (χ1n) is 9.71. The van der Waals surface area contributed by atoms with Gasteiger partial charge < -0.3 is 15.4 Å². The number of methoxy groups -OCH3 is 1. The number of anilines is 2. The van der Waals surface area contributed by atoms with E-state index in [0.29, 0.717) is 18.2 Å². The summed E-state index contributed by atoms with van der Waals surface area (Å²) in [6, 6.07) is 17.5. The van der Waals surface area contributed by atoms with Crippen LogP contribution in [0.15, 0.2) is 60.8 Å². The number of para-hydroxylation sites is 1. The van der Waals surface area contributed by atoms with Gasteiger partial charge in [0.05, 0.1) is 19.0 Å². The Morgan fingerprint density at radius 2 is 1.83 bits per heavy atom. The number of hydrogen-bond donors (Lipinski definition) is 2. The second-order valence-corrected chi connectivity index (χ2v) is 7.28. The average Bonchev–Trinajstić information content (AvgIpc) is 2.74. The molecule has 3 rings (SSSR count). The van der Waals surface area contributed by atoms with Gasteiger partial charge in [-0.15, -0.1) is 0 Å². The summed E-state index contributed by atoms with van der Waals surface area (Å²) in [7, 11) is 1.65. The lowest BCUT2D eigenvalue weighted by molar-refractivity contribution is 0.102. The Morgan fingerprint density at radius 3 is 2.45 bits per heavy atom. The van der Waals surface area contributed by atoms with Crippen molar-refractivity contribution in [3.05, 3.63) is 83.2 Å². The second kappa shape index (κ2) is 9.24. The Hall–Kier alpha value is -3.34. The van der Waals surface area contributed by atoms with E-state index in [1.165, 1.54) is 0 Å². The average molecular weight is 389 g/mol. The maximum absolute atomic E-state index is 12.7. The molecule has 150 valence electrons. The lowest BCUT2D eigenvalue weighted by Crippen LogP contribution is -2.16. The Kier molecular flexibility index (Phi) is 6.50. The molecular formula is C24H27N3O2. The molecule has 3 aromatic rings. The van der Waals surface area contributed by atoms with Crippen molar-refractivity contribution < 1.29 is 9.53 Å². The van der Waals surface area contributed by atoms with E-state index in [1.807, 2.05) is 55.5 Å². The molecule has 0 spiro atoms. The maximum atomic E-state index is 12.7. The number of benzene rings is 2. The van der Waals surface area contributed by atoms with E-state index >= 15 is 0 Å². The van der Waals surface area contributed by atoms with Crippen LogP contribution in [0.5, 0.6) is 5.75 Å². The zero-order valence-electron chi connectivity index (χ0n) is 17.3. The highest BCUT2D eigenvalue weighted by Gasteiger charge is 2.14. The van der Waals surface area contributed by atoms with E-state index < -0.39 is 0 Å². The molecule has 2 N–H and O–H groups in total. The number of pyridine rings is 1. The number of nitrogens with zero attached hydrogens (tertiary/aromatic N) is 1. The van der Waals surface area contributed by atoms with Crippen LogP contribution in [-0.2, 0) is 6.54 Å². The molecule has 0 saturated carbocycles. The van der Waals surface area contributed by atoms with Crippen LogP contribution in [-0.4, -0.2) is 18.0 Å². The summed E-state index contributed by atoms with van der Waals surface area (Å²) in [5.74, 6) is 0.950. The summed E-state index contributed by atoms with van der Waals surface area (Å²) in [6.45, 7) is 6.90. The third kappa shape index (κ3) is 5.13. The van der Waals surface area contributed by atoms with E-state index in [0.717, 1.165) is 33.8 Å². The van der Waals surface area contributed by atoms with Gasteiger partial charge in [-0.25, -0.2) is 4.98 Å². The van der Waals surface area contributed by atoms with Crippen LogP contribution >= 0.6 is 0 Å². The van der Waals surface area contributed by atoms with Crippen molar-refractivity contribution in [2.24, 2.45) is 0 Å². The Morgan fingerprint density at radius 1 is 1.07 bits per heavy atom. The summed E-state index contributed by atoms with van der Waals surface area (Å²) in [5.41, 5.74) is 5.41. The molecule has 0 bridgehead atoms. The van der Waals surface area contributed by atoms with E-state index in [1.54, 1.807) is 19.4 Å². The predicted octanol–water partition coefficient (Wildman–Crippen LogP) is 5.39. The van der Waals surface area contributed by atoms with E-state index in [4.69, 9.17) is 4.74 Å². The summed E-state index contributed by atoms with van der Waals surface area (Å²) >= 11 is 0. The number of carbonyl (C=O) groups excluding carboxylic acids is 1. The van der Waals surface area contributed by atoms with E-state index in [2.05, 4.69) is 29.5 Å². The van der Waals surface area contributed by atoms with Gasteiger partial charge >= 0.3 is 0 Å². The SMILES string of the molecule is COc1ccc(CNc2ccc(C(=O)Nc3c(C)cccc3C(C)C)nc2)cc1. The molecule has 29 heavy (non-hydrogen) atoms. The van der Waals surface area contributed by atoms with Gasteiger partial charge in [-0.3, -0.25) is 4.79 Å².